The molecule has 4 atom stereocenters. The minimum absolute atomic E-state index is 0.628. The molecule has 0 radical (unpaired) electrons. The van der Waals surface area contributed by atoms with Gasteiger partial charge in [0.15, 0.2) is 0 Å². The van der Waals surface area contributed by atoms with Crippen LogP contribution in [0.5, 0.6) is 0 Å². The highest BCUT2D eigenvalue weighted by atomic mass is 35.5. The lowest BCUT2D eigenvalue weighted by atomic mass is 9.76. The summed E-state index contributed by atoms with van der Waals surface area (Å²) in [4.78, 5) is 2.62. The predicted octanol–water partition coefficient (Wildman–Crippen LogP) is 4.33. The highest BCUT2D eigenvalue weighted by Crippen LogP contribution is 2.46. The van der Waals surface area contributed by atoms with Gasteiger partial charge in [-0.05, 0) is 68.7 Å². The fourth-order valence-electron chi connectivity index (χ4n) is 4.55. The number of halogens is 1. The van der Waals surface area contributed by atoms with E-state index < -0.39 is 0 Å². The van der Waals surface area contributed by atoms with Crippen molar-refractivity contribution in [1.29, 1.82) is 0 Å². The molecule has 2 aliphatic heterocycles. The lowest BCUT2D eigenvalue weighted by Gasteiger charge is -2.43. The Hall–Kier alpha value is -0.570. The van der Waals surface area contributed by atoms with Gasteiger partial charge in [0, 0.05) is 29.6 Å². The summed E-state index contributed by atoms with van der Waals surface area (Å²) in [5.74, 6) is 2.11. The van der Waals surface area contributed by atoms with E-state index in [-0.39, 0.29) is 0 Å². The second-order valence-electron chi connectivity index (χ2n) is 7.50. The average Bonchev–Trinajstić information content (AvgIpc) is 3.29. The zero-order chi connectivity index (χ0) is 15.1. The van der Waals surface area contributed by atoms with Gasteiger partial charge in [-0.25, -0.2) is 0 Å². The smallest absolute Gasteiger partial charge is 0.0515 e. The molecule has 2 unspecified atom stereocenters. The van der Waals surface area contributed by atoms with E-state index in [1.54, 1.807) is 0 Å². The SMILES string of the molecule is CN1[C@H]2CC[C@@H]1C(COCC1CC1)C(c1ccc(Cl)cc1)C2. The number of hydrogen-bond acceptors (Lipinski definition) is 2. The van der Waals surface area contributed by atoms with Crippen LogP contribution in [0.1, 0.15) is 43.6 Å². The molecular formula is C19H26ClNO. The summed E-state index contributed by atoms with van der Waals surface area (Å²) in [7, 11) is 2.31. The Kier molecular flexibility index (Phi) is 4.19. The van der Waals surface area contributed by atoms with E-state index in [1.165, 1.54) is 37.7 Å². The molecule has 1 aromatic carbocycles. The summed E-state index contributed by atoms with van der Waals surface area (Å²) < 4.78 is 6.12. The molecule has 3 heteroatoms. The highest BCUT2D eigenvalue weighted by molar-refractivity contribution is 6.30. The fourth-order valence-corrected chi connectivity index (χ4v) is 4.68. The van der Waals surface area contributed by atoms with Gasteiger partial charge in [-0.15, -0.1) is 0 Å². The van der Waals surface area contributed by atoms with Gasteiger partial charge in [0.05, 0.1) is 6.61 Å². The minimum atomic E-state index is 0.628. The highest BCUT2D eigenvalue weighted by Gasteiger charge is 2.45. The third-order valence-electron chi connectivity index (χ3n) is 6.09. The van der Waals surface area contributed by atoms with E-state index in [1.807, 2.05) is 12.1 Å². The molecule has 3 fully saturated rings. The number of nitrogens with zero attached hydrogens (tertiary/aromatic N) is 1. The first-order valence-corrected chi connectivity index (χ1v) is 9.15. The molecule has 3 aliphatic rings. The summed E-state index contributed by atoms with van der Waals surface area (Å²) in [6, 6.07) is 9.99. The number of rotatable bonds is 5. The molecule has 2 heterocycles. The van der Waals surface area contributed by atoms with E-state index >= 15 is 0 Å². The van der Waals surface area contributed by atoms with Gasteiger partial charge in [-0.2, -0.15) is 0 Å². The molecule has 2 nitrogen and oxygen atoms in total. The van der Waals surface area contributed by atoms with Gasteiger partial charge in [-0.3, -0.25) is 0 Å². The summed E-state index contributed by atoms with van der Waals surface area (Å²) in [6.45, 7) is 1.90. The van der Waals surface area contributed by atoms with Crippen LogP contribution in [-0.4, -0.2) is 37.2 Å². The van der Waals surface area contributed by atoms with Crippen LogP contribution in [-0.2, 0) is 4.74 Å². The Morgan fingerprint density at radius 2 is 1.86 bits per heavy atom. The van der Waals surface area contributed by atoms with Crippen molar-refractivity contribution < 1.29 is 4.74 Å². The Bertz CT molecular complexity index is 513. The fraction of sp³-hybridized carbons (Fsp3) is 0.684. The maximum absolute atomic E-state index is 6.12. The Balaban J connectivity index is 1.52. The molecule has 1 aliphatic carbocycles. The first-order chi connectivity index (χ1) is 10.7. The molecule has 0 aromatic heterocycles. The summed E-state index contributed by atoms with van der Waals surface area (Å²) >= 11 is 6.07. The summed E-state index contributed by atoms with van der Waals surface area (Å²) in [5.41, 5.74) is 1.45. The molecule has 2 bridgehead atoms. The van der Waals surface area contributed by atoms with E-state index in [0.717, 1.165) is 30.2 Å². The van der Waals surface area contributed by atoms with Crippen LogP contribution in [0.2, 0.25) is 5.02 Å². The van der Waals surface area contributed by atoms with Crippen molar-refractivity contribution in [2.75, 3.05) is 20.3 Å². The van der Waals surface area contributed by atoms with Gasteiger partial charge < -0.3 is 9.64 Å². The standard InChI is InChI=1S/C19H26ClNO/c1-21-16-8-9-19(21)18(12-22-11-13-2-3-13)17(10-16)14-4-6-15(20)7-5-14/h4-7,13,16-19H,2-3,8-12H2,1H3/t16-,17?,18?,19+/m0/s1. The van der Waals surface area contributed by atoms with E-state index in [9.17, 15) is 0 Å². The van der Waals surface area contributed by atoms with Gasteiger partial charge in [-0.1, -0.05) is 23.7 Å². The molecule has 0 amide bonds. The second-order valence-corrected chi connectivity index (χ2v) is 7.94. The number of benzene rings is 1. The van der Waals surface area contributed by atoms with E-state index in [0.29, 0.717) is 17.9 Å². The van der Waals surface area contributed by atoms with Crippen LogP contribution in [0.15, 0.2) is 24.3 Å². The quantitative estimate of drug-likeness (QED) is 0.801. The Morgan fingerprint density at radius 3 is 2.59 bits per heavy atom. The molecule has 1 saturated carbocycles. The van der Waals surface area contributed by atoms with Crippen molar-refractivity contribution in [2.24, 2.45) is 11.8 Å². The van der Waals surface area contributed by atoms with E-state index in [4.69, 9.17) is 16.3 Å². The van der Waals surface area contributed by atoms with Crippen LogP contribution >= 0.6 is 11.6 Å². The third kappa shape index (κ3) is 2.93. The third-order valence-corrected chi connectivity index (χ3v) is 6.34. The van der Waals surface area contributed by atoms with Gasteiger partial charge >= 0.3 is 0 Å². The normalized spacial score (nSPS) is 35.0. The van der Waals surface area contributed by atoms with Crippen LogP contribution in [0.3, 0.4) is 0 Å². The van der Waals surface area contributed by atoms with Crippen LogP contribution in [0, 0.1) is 11.8 Å². The maximum Gasteiger partial charge on any atom is 0.0515 e. The topological polar surface area (TPSA) is 12.5 Å². The van der Waals surface area contributed by atoms with Crippen molar-refractivity contribution in [3.05, 3.63) is 34.9 Å². The first-order valence-electron chi connectivity index (χ1n) is 8.77. The predicted molar refractivity (Wildman–Crippen MR) is 90.4 cm³/mol. The number of piperidine rings is 1. The first kappa shape index (κ1) is 15.0. The largest absolute Gasteiger partial charge is 0.381 e. The average molecular weight is 320 g/mol. The number of hydrogen-bond donors (Lipinski definition) is 0. The van der Waals surface area contributed by atoms with Gasteiger partial charge in [0.25, 0.3) is 0 Å². The molecule has 1 aromatic rings. The minimum Gasteiger partial charge on any atom is -0.381 e. The lowest BCUT2D eigenvalue weighted by molar-refractivity contribution is 0.0176. The maximum atomic E-state index is 6.12. The van der Waals surface area contributed by atoms with Crippen LogP contribution in [0.25, 0.3) is 0 Å². The van der Waals surface area contributed by atoms with Crippen molar-refractivity contribution in [3.8, 4) is 0 Å². The number of fused-ring (bicyclic) bond motifs is 2. The van der Waals surface area contributed by atoms with Gasteiger partial charge in [0.2, 0.25) is 0 Å². The molecule has 0 N–H and O–H groups in total. The second kappa shape index (κ2) is 6.14. The zero-order valence-electron chi connectivity index (χ0n) is 13.4. The molecule has 4 rings (SSSR count). The summed E-state index contributed by atoms with van der Waals surface area (Å²) in [5, 5.41) is 0.834. The monoisotopic (exact) mass is 319 g/mol. The Morgan fingerprint density at radius 1 is 1.09 bits per heavy atom. The molecule has 0 spiro atoms. The van der Waals surface area contributed by atoms with Gasteiger partial charge in [0.1, 0.15) is 0 Å². The van der Waals surface area contributed by atoms with Crippen molar-refractivity contribution in [3.63, 3.8) is 0 Å². The van der Waals surface area contributed by atoms with Crippen LogP contribution in [0.4, 0.5) is 0 Å². The van der Waals surface area contributed by atoms with Crippen molar-refractivity contribution in [2.45, 2.75) is 50.1 Å². The summed E-state index contributed by atoms with van der Waals surface area (Å²) in [6.07, 6.45) is 6.70. The number of ether oxygens (including phenoxy) is 1. The molecule has 22 heavy (non-hydrogen) atoms. The molecule has 2 saturated heterocycles. The van der Waals surface area contributed by atoms with Crippen molar-refractivity contribution in [1.82, 2.24) is 4.90 Å². The Labute approximate surface area is 138 Å². The van der Waals surface area contributed by atoms with E-state index in [2.05, 4.69) is 24.1 Å². The molecular weight excluding hydrogens is 294 g/mol. The molecule has 120 valence electrons. The van der Waals surface area contributed by atoms with Crippen molar-refractivity contribution >= 4 is 11.6 Å². The zero-order valence-corrected chi connectivity index (χ0v) is 14.1. The van der Waals surface area contributed by atoms with Crippen LogP contribution < -0.4 is 0 Å². The lowest BCUT2D eigenvalue weighted by Crippen LogP contribution is -2.47.